The number of carbonyl (C=O) groups is 1. The topological polar surface area (TPSA) is 94.8 Å². The van der Waals surface area contributed by atoms with Gasteiger partial charge in [-0.3, -0.25) is 0 Å². The second kappa shape index (κ2) is 6.92. The Morgan fingerprint density at radius 3 is 2.67 bits per heavy atom. The number of aryl methyl sites for hydroxylation is 2. The highest BCUT2D eigenvalue weighted by molar-refractivity contribution is 7.98. The van der Waals surface area contributed by atoms with Crippen LogP contribution in [0.2, 0.25) is 0 Å². The number of H-pyrrole nitrogens is 1. The van der Waals surface area contributed by atoms with Crippen LogP contribution in [0, 0.1) is 13.8 Å². The molecule has 0 atom stereocenters. The Labute approximate surface area is 159 Å². The summed E-state index contributed by atoms with van der Waals surface area (Å²) in [7, 11) is 0. The fraction of sp³-hybridized carbons (Fsp3) is 0.150. The third-order valence-corrected chi connectivity index (χ3v) is 5.40. The van der Waals surface area contributed by atoms with Gasteiger partial charge >= 0.3 is 0 Å². The zero-order chi connectivity index (χ0) is 19.0. The van der Waals surface area contributed by atoms with E-state index in [1.165, 1.54) is 29.5 Å². The lowest BCUT2D eigenvalue weighted by atomic mass is 10.1. The molecule has 0 bridgehead atoms. The minimum absolute atomic E-state index is 0.162. The lowest BCUT2D eigenvalue weighted by Gasteiger charge is -2.03. The number of nitrogens with zero attached hydrogens (tertiary/aromatic N) is 2. The summed E-state index contributed by atoms with van der Waals surface area (Å²) in [6, 6.07) is 12.6. The molecule has 1 N–H and O–H groups in total. The van der Waals surface area contributed by atoms with E-state index in [0.717, 1.165) is 27.7 Å². The second-order valence-corrected chi connectivity index (χ2v) is 7.21. The van der Waals surface area contributed by atoms with Gasteiger partial charge in [0.25, 0.3) is 5.22 Å². The van der Waals surface area contributed by atoms with Crippen molar-refractivity contribution in [2.24, 2.45) is 0 Å². The van der Waals surface area contributed by atoms with E-state index in [-0.39, 0.29) is 5.56 Å². The van der Waals surface area contributed by atoms with E-state index in [9.17, 15) is 9.90 Å². The average Bonchev–Trinajstić information content (AvgIpc) is 3.25. The molecule has 0 radical (unpaired) electrons. The Morgan fingerprint density at radius 1 is 1.15 bits per heavy atom. The zero-order valence-electron chi connectivity index (χ0n) is 14.8. The van der Waals surface area contributed by atoms with Gasteiger partial charge in [0.05, 0.1) is 5.97 Å². The summed E-state index contributed by atoms with van der Waals surface area (Å²) in [5.41, 5.74) is 5.44. The van der Waals surface area contributed by atoms with Gasteiger partial charge in [0.2, 0.25) is 5.89 Å². The number of aromatic amines is 1. The Morgan fingerprint density at radius 2 is 1.93 bits per heavy atom. The number of rotatable bonds is 5. The van der Waals surface area contributed by atoms with Crippen molar-refractivity contribution in [1.82, 2.24) is 15.2 Å². The number of aromatic nitrogens is 3. The molecule has 4 rings (SSSR count). The van der Waals surface area contributed by atoms with Crippen LogP contribution in [-0.4, -0.2) is 21.2 Å². The summed E-state index contributed by atoms with van der Waals surface area (Å²) < 4.78 is 5.78. The van der Waals surface area contributed by atoms with E-state index in [1.54, 1.807) is 12.1 Å². The lowest BCUT2D eigenvalue weighted by Crippen LogP contribution is -2.21. The first-order chi connectivity index (χ1) is 13.0. The molecule has 2 aromatic carbocycles. The van der Waals surface area contributed by atoms with Crippen LogP contribution >= 0.6 is 11.8 Å². The molecule has 0 fully saturated rings. The molecule has 0 aliphatic heterocycles. The number of benzene rings is 2. The van der Waals surface area contributed by atoms with Crippen molar-refractivity contribution < 1.29 is 14.3 Å². The molecule has 2 heterocycles. The van der Waals surface area contributed by atoms with Crippen LogP contribution in [0.25, 0.3) is 22.4 Å². The van der Waals surface area contributed by atoms with Crippen molar-refractivity contribution in [2.45, 2.75) is 24.8 Å². The molecular formula is C20H16N3O3S-. The number of carboxylic acid groups (broad SMARTS) is 1. The molecule has 136 valence electrons. The van der Waals surface area contributed by atoms with Gasteiger partial charge in [0.15, 0.2) is 0 Å². The van der Waals surface area contributed by atoms with Crippen molar-refractivity contribution in [2.75, 3.05) is 0 Å². The first-order valence-electron chi connectivity index (χ1n) is 8.37. The SMILES string of the molecule is Cc1[nH]c2ccc(-c3nnc(SCc4ccc(C(=O)[O-])cc4)o3)cc2c1C. The van der Waals surface area contributed by atoms with E-state index < -0.39 is 5.97 Å². The van der Waals surface area contributed by atoms with Gasteiger partial charge in [-0.25, -0.2) is 0 Å². The maximum absolute atomic E-state index is 10.8. The number of hydrogen-bond acceptors (Lipinski definition) is 6. The van der Waals surface area contributed by atoms with Gasteiger partial charge in [-0.05, 0) is 48.7 Å². The number of aromatic carboxylic acids is 1. The number of carbonyl (C=O) groups excluding carboxylic acids is 1. The van der Waals surface area contributed by atoms with Crippen LogP contribution < -0.4 is 5.11 Å². The fourth-order valence-corrected chi connectivity index (χ4v) is 3.58. The summed E-state index contributed by atoms with van der Waals surface area (Å²) in [5.74, 6) is -0.102. The Balaban J connectivity index is 1.50. The van der Waals surface area contributed by atoms with E-state index in [2.05, 4.69) is 35.1 Å². The summed E-state index contributed by atoms with van der Waals surface area (Å²) in [4.78, 5) is 14.1. The Hall–Kier alpha value is -3.06. The predicted octanol–water partition coefficient (Wildman–Crippen LogP) is 3.49. The van der Waals surface area contributed by atoms with Crippen LogP contribution in [-0.2, 0) is 5.75 Å². The zero-order valence-corrected chi connectivity index (χ0v) is 15.6. The molecule has 0 amide bonds. The lowest BCUT2D eigenvalue weighted by molar-refractivity contribution is -0.255. The van der Waals surface area contributed by atoms with Crippen LogP contribution in [0.3, 0.4) is 0 Å². The van der Waals surface area contributed by atoms with Crippen LogP contribution in [0.4, 0.5) is 0 Å². The predicted molar refractivity (Wildman–Crippen MR) is 101 cm³/mol. The molecule has 0 aliphatic carbocycles. The average molecular weight is 378 g/mol. The first-order valence-corrected chi connectivity index (χ1v) is 9.36. The minimum Gasteiger partial charge on any atom is -0.545 e. The molecule has 0 saturated heterocycles. The highest BCUT2D eigenvalue weighted by Crippen LogP contribution is 2.29. The summed E-state index contributed by atoms with van der Waals surface area (Å²) in [5, 5.41) is 20.6. The van der Waals surface area contributed by atoms with Crippen molar-refractivity contribution >= 4 is 28.6 Å². The van der Waals surface area contributed by atoms with Gasteiger partial charge in [-0.15, -0.1) is 10.2 Å². The van der Waals surface area contributed by atoms with Gasteiger partial charge in [-0.2, -0.15) is 0 Å². The standard InChI is InChI=1S/C20H17N3O3S/c1-11-12(2)21-17-8-7-15(9-16(11)17)18-22-23-20(26-18)27-10-13-3-5-14(6-4-13)19(24)25/h3-9,21H,10H2,1-2H3,(H,24,25)/p-1. The van der Waals surface area contributed by atoms with Gasteiger partial charge in [-0.1, -0.05) is 36.0 Å². The van der Waals surface area contributed by atoms with Crippen molar-refractivity contribution in [3.63, 3.8) is 0 Å². The number of fused-ring (bicyclic) bond motifs is 1. The second-order valence-electron chi connectivity index (χ2n) is 6.28. The molecule has 4 aromatic rings. The third kappa shape index (κ3) is 3.46. The molecule has 0 unspecified atom stereocenters. The van der Waals surface area contributed by atoms with Crippen molar-refractivity contribution in [3.8, 4) is 11.5 Å². The van der Waals surface area contributed by atoms with E-state index >= 15 is 0 Å². The first kappa shape index (κ1) is 17.4. The molecule has 2 aromatic heterocycles. The quantitative estimate of drug-likeness (QED) is 0.534. The van der Waals surface area contributed by atoms with E-state index in [0.29, 0.717) is 16.9 Å². The molecule has 27 heavy (non-hydrogen) atoms. The molecule has 0 spiro atoms. The van der Waals surface area contributed by atoms with Crippen molar-refractivity contribution in [1.29, 1.82) is 0 Å². The van der Waals surface area contributed by atoms with E-state index in [1.807, 2.05) is 12.1 Å². The monoisotopic (exact) mass is 378 g/mol. The summed E-state index contributed by atoms with van der Waals surface area (Å²) in [6.45, 7) is 4.13. The fourth-order valence-electron chi connectivity index (χ4n) is 2.86. The Bertz CT molecular complexity index is 1130. The smallest absolute Gasteiger partial charge is 0.277 e. The highest BCUT2D eigenvalue weighted by Gasteiger charge is 2.12. The van der Waals surface area contributed by atoms with Crippen LogP contribution in [0.5, 0.6) is 0 Å². The maximum atomic E-state index is 10.8. The molecular weight excluding hydrogens is 362 g/mol. The number of nitrogens with one attached hydrogen (secondary N) is 1. The van der Waals surface area contributed by atoms with Gasteiger partial charge < -0.3 is 19.3 Å². The number of carboxylic acids is 1. The molecule has 0 aliphatic rings. The van der Waals surface area contributed by atoms with E-state index in [4.69, 9.17) is 4.42 Å². The Kier molecular flexibility index (Phi) is 4.45. The molecule has 0 saturated carbocycles. The highest BCUT2D eigenvalue weighted by atomic mass is 32.2. The molecule has 7 heteroatoms. The van der Waals surface area contributed by atoms with Gasteiger partial charge in [0.1, 0.15) is 0 Å². The normalized spacial score (nSPS) is 11.2. The molecule has 6 nitrogen and oxygen atoms in total. The number of thioether (sulfide) groups is 1. The summed E-state index contributed by atoms with van der Waals surface area (Å²) in [6.07, 6.45) is 0. The third-order valence-electron chi connectivity index (χ3n) is 4.51. The maximum Gasteiger partial charge on any atom is 0.277 e. The van der Waals surface area contributed by atoms with Gasteiger partial charge in [0, 0.05) is 27.9 Å². The number of hydrogen-bond donors (Lipinski definition) is 1. The van der Waals surface area contributed by atoms with Crippen molar-refractivity contribution in [3.05, 3.63) is 64.8 Å². The summed E-state index contributed by atoms with van der Waals surface area (Å²) >= 11 is 1.40. The largest absolute Gasteiger partial charge is 0.545 e. The van der Waals surface area contributed by atoms with Crippen LogP contribution in [0.15, 0.2) is 52.1 Å². The minimum atomic E-state index is -1.18. The van der Waals surface area contributed by atoms with Crippen LogP contribution in [0.1, 0.15) is 27.2 Å².